The van der Waals surface area contributed by atoms with Gasteiger partial charge in [0, 0.05) is 12.0 Å². The Bertz CT molecular complexity index is 841. The lowest BCUT2D eigenvalue weighted by atomic mass is 9.87. The minimum atomic E-state index is -1.43. The predicted octanol–water partition coefficient (Wildman–Crippen LogP) is 1.38. The lowest BCUT2D eigenvalue weighted by Crippen LogP contribution is -2.55. The van der Waals surface area contributed by atoms with Gasteiger partial charge in [-0.2, -0.15) is 0 Å². The zero-order chi connectivity index (χ0) is 19.8. The van der Waals surface area contributed by atoms with E-state index in [1.54, 1.807) is 0 Å². The van der Waals surface area contributed by atoms with Crippen molar-refractivity contribution >= 4 is 11.6 Å². The molecule has 4 N–H and O–H groups in total. The first-order valence-electron chi connectivity index (χ1n) is 9.32. The van der Waals surface area contributed by atoms with E-state index < -0.39 is 37.1 Å². The summed E-state index contributed by atoms with van der Waals surface area (Å²) in [4.78, 5) is 0. The third-order valence-electron chi connectivity index (χ3n) is 5.47. The van der Waals surface area contributed by atoms with Gasteiger partial charge in [0.1, 0.15) is 36.3 Å². The van der Waals surface area contributed by atoms with Crippen LogP contribution in [-0.2, 0) is 17.6 Å². The molecule has 4 rings (SSSR count). The molecule has 0 spiro atoms. The lowest BCUT2D eigenvalue weighted by molar-refractivity contribution is -0.231. The molecule has 1 fully saturated rings. The summed E-state index contributed by atoms with van der Waals surface area (Å²) in [5, 5.41) is 40.8. The van der Waals surface area contributed by atoms with E-state index in [0.29, 0.717) is 35.8 Å². The number of ether oxygens (including phenoxy) is 2. The molecule has 3 unspecified atom stereocenters. The summed E-state index contributed by atoms with van der Waals surface area (Å²) < 4.78 is 11.5. The average molecular weight is 407 g/mol. The van der Waals surface area contributed by atoms with Gasteiger partial charge in [-0.05, 0) is 23.1 Å². The molecule has 28 heavy (non-hydrogen) atoms. The van der Waals surface area contributed by atoms with Crippen molar-refractivity contribution in [2.24, 2.45) is 0 Å². The van der Waals surface area contributed by atoms with E-state index in [4.69, 9.17) is 21.1 Å². The van der Waals surface area contributed by atoms with Crippen LogP contribution in [0.4, 0.5) is 0 Å². The summed E-state index contributed by atoms with van der Waals surface area (Å²) in [6.45, 7) is -0.00113. The summed E-state index contributed by atoms with van der Waals surface area (Å²) >= 11 is 6.60. The minimum Gasteiger partial charge on any atom is -0.491 e. The molecule has 2 aromatic rings. The highest BCUT2D eigenvalue weighted by Gasteiger charge is 2.45. The molecule has 2 aromatic carbocycles. The van der Waals surface area contributed by atoms with E-state index in [9.17, 15) is 20.4 Å². The zero-order valence-corrected chi connectivity index (χ0v) is 15.9. The van der Waals surface area contributed by atoms with Crippen LogP contribution in [0.25, 0.3) is 0 Å². The molecule has 150 valence electrons. The maximum Gasteiger partial charge on any atom is 0.141 e. The van der Waals surface area contributed by atoms with Gasteiger partial charge in [0.05, 0.1) is 18.2 Å². The Hall–Kier alpha value is -1.67. The highest BCUT2D eigenvalue weighted by atomic mass is 35.5. The second-order valence-electron chi connectivity index (χ2n) is 7.26. The molecular formula is C21H23ClO6. The van der Waals surface area contributed by atoms with E-state index in [1.807, 2.05) is 36.4 Å². The number of hydrogen-bond donors (Lipinski definition) is 4. The maximum atomic E-state index is 10.6. The Labute approximate surface area is 167 Å². The number of halogens is 1. The van der Waals surface area contributed by atoms with Crippen molar-refractivity contribution in [3.63, 3.8) is 0 Å². The van der Waals surface area contributed by atoms with E-state index in [0.717, 1.165) is 16.7 Å². The topological polar surface area (TPSA) is 99.4 Å². The molecule has 2 aliphatic heterocycles. The molecule has 6 nitrogen and oxygen atoms in total. The molecule has 0 radical (unpaired) electrons. The Morgan fingerprint density at radius 3 is 2.50 bits per heavy atom. The Morgan fingerprint density at radius 1 is 1.04 bits per heavy atom. The molecule has 5 atom stereocenters. The maximum absolute atomic E-state index is 10.6. The van der Waals surface area contributed by atoms with Crippen LogP contribution in [0, 0.1) is 0 Å². The fourth-order valence-electron chi connectivity index (χ4n) is 3.97. The largest absolute Gasteiger partial charge is 0.491 e. The molecule has 0 aromatic heterocycles. The van der Waals surface area contributed by atoms with E-state index in [1.165, 1.54) is 0 Å². The van der Waals surface area contributed by atoms with Gasteiger partial charge in [-0.15, -0.1) is 0 Å². The molecule has 0 bridgehead atoms. The Morgan fingerprint density at radius 2 is 1.79 bits per heavy atom. The molecule has 1 saturated heterocycles. The predicted molar refractivity (Wildman–Crippen MR) is 103 cm³/mol. The standard InChI is InChI=1S/C21H23ClO6/c22-16-12(8-11-4-2-1-3-5-11)9-14(13-6-7-27-20(13)16)21-19(26)18(25)17(24)15(10-23)28-21/h1-5,9,15,17-19,21,23-26H,6-8,10H2/t15?,17-,18?,19-,21?/m1/s1. The third-order valence-corrected chi connectivity index (χ3v) is 5.88. The number of aliphatic hydroxyl groups excluding tert-OH is 4. The van der Waals surface area contributed by atoms with Crippen LogP contribution in [0.5, 0.6) is 5.75 Å². The van der Waals surface area contributed by atoms with Crippen molar-refractivity contribution in [2.75, 3.05) is 13.2 Å². The average Bonchev–Trinajstić information content (AvgIpc) is 3.20. The zero-order valence-electron chi connectivity index (χ0n) is 15.2. The van der Waals surface area contributed by atoms with E-state index >= 15 is 0 Å². The first-order chi connectivity index (χ1) is 13.5. The van der Waals surface area contributed by atoms with Crippen LogP contribution in [-0.4, -0.2) is 58.1 Å². The van der Waals surface area contributed by atoms with Crippen LogP contribution >= 0.6 is 11.6 Å². The summed E-state index contributed by atoms with van der Waals surface area (Å²) in [6, 6.07) is 11.7. The molecule has 0 aliphatic carbocycles. The lowest BCUT2D eigenvalue weighted by Gasteiger charge is -2.40. The van der Waals surface area contributed by atoms with Gasteiger partial charge >= 0.3 is 0 Å². The van der Waals surface area contributed by atoms with Gasteiger partial charge in [0.2, 0.25) is 0 Å². The van der Waals surface area contributed by atoms with Gasteiger partial charge in [0.15, 0.2) is 0 Å². The van der Waals surface area contributed by atoms with Crippen LogP contribution in [0.1, 0.15) is 28.4 Å². The molecule has 0 saturated carbocycles. The molecule has 0 amide bonds. The first-order valence-corrected chi connectivity index (χ1v) is 9.70. The minimum absolute atomic E-state index is 0.467. The van der Waals surface area contributed by atoms with Crippen LogP contribution < -0.4 is 4.74 Å². The van der Waals surface area contributed by atoms with Gasteiger partial charge in [-0.1, -0.05) is 48.0 Å². The van der Waals surface area contributed by atoms with Crippen molar-refractivity contribution in [3.05, 3.63) is 63.7 Å². The number of hydrogen-bond acceptors (Lipinski definition) is 6. The number of benzene rings is 2. The number of fused-ring (bicyclic) bond motifs is 1. The highest BCUT2D eigenvalue weighted by Crippen LogP contribution is 2.44. The van der Waals surface area contributed by atoms with Crippen molar-refractivity contribution in [1.82, 2.24) is 0 Å². The molecule has 2 heterocycles. The highest BCUT2D eigenvalue weighted by molar-refractivity contribution is 6.33. The fraction of sp³-hybridized carbons (Fsp3) is 0.429. The molecule has 7 heteroatoms. The van der Waals surface area contributed by atoms with E-state index in [2.05, 4.69) is 0 Å². The second kappa shape index (κ2) is 7.99. The van der Waals surface area contributed by atoms with Gasteiger partial charge in [-0.3, -0.25) is 0 Å². The van der Waals surface area contributed by atoms with Crippen LogP contribution in [0.3, 0.4) is 0 Å². The monoisotopic (exact) mass is 406 g/mol. The van der Waals surface area contributed by atoms with Gasteiger partial charge in [-0.25, -0.2) is 0 Å². The first kappa shape index (κ1) is 19.6. The smallest absolute Gasteiger partial charge is 0.141 e. The third kappa shape index (κ3) is 3.41. The number of rotatable bonds is 4. The fourth-order valence-corrected chi connectivity index (χ4v) is 4.26. The summed E-state index contributed by atoms with van der Waals surface area (Å²) in [6.07, 6.45) is -4.86. The SMILES string of the molecule is OCC1OC(c2cc(Cc3ccccc3)c(Cl)c3c2CCO3)[C@H](O)C(O)[C@@H]1O. The molecular weight excluding hydrogens is 384 g/mol. The van der Waals surface area contributed by atoms with Gasteiger partial charge < -0.3 is 29.9 Å². The quantitative estimate of drug-likeness (QED) is 0.612. The summed E-state index contributed by atoms with van der Waals surface area (Å²) in [7, 11) is 0. The number of aliphatic hydroxyl groups is 4. The Balaban J connectivity index is 1.76. The van der Waals surface area contributed by atoms with Crippen LogP contribution in [0.15, 0.2) is 36.4 Å². The second-order valence-corrected chi connectivity index (χ2v) is 7.63. The summed E-state index contributed by atoms with van der Waals surface area (Å²) in [5.41, 5.74) is 3.38. The van der Waals surface area contributed by atoms with E-state index in [-0.39, 0.29) is 0 Å². The van der Waals surface area contributed by atoms with Crippen molar-refractivity contribution in [3.8, 4) is 5.75 Å². The van der Waals surface area contributed by atoms with Gasteiger partial charge in [0.25, 0.3) is 0 Å². The Kier molecular flexibility index (Phi) is 5.60. The molecule has 2 aliphatic rings. The normalized spacial score (nSPS) is 29.4. The van der Waals surface area contributed by atoms with Crippen molar-refractivity contribution in [1.29, 1.82) is 0 Å². The van der Waals surface area contributed by atoms with Crippen molar-refractivity contribution in [2.45, 2.75) is 43.4 Å². The van der Waals surface area contributed by atoms with Crippen LogP contribution in [0.2, 0.25) is 5.02 Å². The summed E-state index contributed by atoms with van der Waals surface area (Å²) in [5.74, 6) is 0.571. The van der Waals surface area contributed by atoms with Crippen molar-refractivity contribution < 1.29 is 29.9 Å².